The SMILES string of the molecule is N#C[C@@H](c1ccc(Cl)cc1)[C@]12C[C@H](c3ccccc3C1=O)N(c1ccccc1)C2=S. The second-order valence-electron chi connectivity index (χ2n) is 7.73. The molecule has 1 fully saturated rings. The van der Waals surface area contributed by atoms with E-state index in [0.717, 1.165) is 16.8 Å². The van der Waals surface area contributed by atoms with Crippen LogP contribution in [-0.4, -0.2) is 10.8 Å². The standard InChI is InChI=1S/C25H17ClN2OS/c26-17-12-10-16(11-13-17)21(15-27)25-14-22(19-8-4-5-9-20(19)23(25)29)28(24(25)30)18-6-2-1-3-7-18/h1-13,21-22H,14H2/t21-,22+,25+/m0/s1. The van der Waals surface area contributed by atoms with Gasteiger partial charge in [0, 0.05) is 16.3 Å². The van der Waals surface area contributed by atoms with E-state index in [0.29, 0.717) is 22.0 Å². The quantitative estimate of drug-likeness (QED) is 0.472. The van der Waals surface area contributed by atoms with E-state index in [9.17, 15) is 10.1 Å². The molecule has 3 aromatic rings. The number of ketones is 1. The fraction of sp³-hybridized carbons (Fsp3) is 0.160. The Kier molecular flexibility index (Phi) is 4.47. The van der Waals surface area contributed by atoms with Crippen molar-refractivity contribution >= 4 is 40.3 Å². The molecule has 2 aliphatic rings. The molecule has 2 bridgehead atoms. The highest BCUT2D eigenvalue weighted by atomic mass is 35.5. The third-order valence-corrected chi connectivity index (χ3v) is 7.07. The first-order chi connectivity index (χ1) is 14.6. The predicted molar refractivity (Wildman–Crippen MR) is 122 cm³/mol. The Labute approximate surface area is 185 Å². The molecule has 0 unspecified atom stereocenters. The summed E-state index contributed by atoms with van der Waals surface area (Å²) in [5.74, 6) is -0.765. The minimum Gasteiger partial charge on any atom is -0.328 e. The number of thiocarbonyl (C=S) groups is 1. The number of halogens is 1. The molecule has 3 aromatic carbocycles. The van der Waals surface area contributed by atoms with Crippen LogP contribution >= 0.6 is 23.8 Å². The first kappa shape index (κ1) is 19.0. The number of fused-ring (bicyclic) bond motifs is 4. The second-order valence-corrected chi connectivity index (χ2v) is 8.56. The number of anilines is 1. The van der Waals surface area contributed by atoms with Crippen LogP contribution in [0, 0.1) is 16.7 Å². The summed E-state index contributed by atoms with van der Waals surface area (Å²) >= 11 is 12.1. The summed E-state index contributed by atoms with van der Waals surface area (Å²) in [6.45, 7) is 0. The molecule has 0 spiro atoms. The van der Waals surface area contributed by atoms with Crippen LogP contribution in [-0.2, 0) is 0 Å². The molecule has 3 nitrogen and oxygen atoms in total. The van der Waals surface area contributed by atoms with Gasteiger partial charge in [0.1, 0.15) is 5.41 Å². The zero-order valence-corrected chi connectivity index (χ0v) is 17.5. The topological polar surface area (TPSA) is 44.1 Å². The first-order valence-corrected chi connectivity index (χ1v) is 10.5. The van der Waals surface area contributed by atoms with Crippen molar-refractivity contribution in [2.45, 2.75) is 18.4 Å². The van der Waals surface area contributed by atoms with Crippen LogP contribution in [0.1, 0.15) is 39.9 Å². The summed E-state index contributed by atoms with van der Waals surface area (Å²) in [7, 11) is 0. The van der Waals surface area contributed by atoms with Gasteiger partial charge in [-0.15, -0.1) is 0 Å². The summed E-state index contributed by atoms with van der Waals surface area (Å²) in [5.41, 5.74) is 2.22. The molecule has 0 aromatic heterocycles. The van der Waals surface area contributed by atoms with Crippen LogP contribution in [0.4, 0.5) is 5.69 Å². The molecule has 1 heterocycles. The third kappa shape index (κ3) is 2.56. The third-order valence-electron chi connectivity index (χ3n) is 6.26. The zero-order chi connectivity index (χ0) is 20.9. The molecular weight excluding hydrogens is 412 g/mol. The van der Waals surface area contributed by atoms with Gasteiger partial charge >= 0.3 is 0 Å². The number of para-hydroxylation sites is 1. The monoisotopic (exact) mass is 428 g/mol. The summed E-state index contributed by atoms with van der Waals surface area (Å²) < 4.78 is 0. The lowest BCUT2D eigenvalue weighted by atomic mass is 9.63. The van der Waals surface area contributed by atoms with Gasteiger partial charge in [0.25, 0.3) is 0 Å². The van der Waals surface area contributed by atoms with Gasteiger partial charge in [-0.05, 0) is 41.8 Å². The number of rotatable bonds is 3. The molecule has 1 aliphatic heterocycles. The Morgan fingerprint density at radius 1 is 1.03 bits per heavy atom. The van der Waals surface area contributed by atoms with E-state index in [1.165, 1.54) is 0 Å². The van der Waals surface area contributed by atoms with E-state index < -0.39 is 11.3 Å². The lowest BCUT2D eigenvalue weighted by molar-refractivity contribution is 0.0843. The molecule has 0 saturated carbocycles. The highest BCUT2D eigenvalue weighted by Crippen LogP contribution is 2.59. The van der Waals surface area contributed by atoms with Gasteiger partial charge in [-0.1, -0.05) is 78.4 Å². The fourth-order valence-electron chi connectivity index (χ4n) is 4.90. The normalized spacial score (nSPS) is 23.1. The average molecular weight is 429 g/mol. The number of nitriles is 1. The first-order valence-electron chi connectivity index (χ1n) is 9.75. The maximum absolute atomic E-state index is 13.9. The summed E-state index contributed by atoms with van der Waals surface area (Å²) in [5, 5.41) is 10.8. The number of hydrogen-bond donors (Lipinski definition) is 0. The Balaban J connectivity index is 1.75. The number of nitrogens with zero attached hydrogens (tertiary/aromatic N) is 2. The lowest BCUT2D eigenvalue weighted by Gasteiger charge is -2.34. The van der Waals surface area contributed by atoms with Crippen molar-refractivity contribution in [2.24, 2.45) is 5.41 Å². The smallest absolute Gasteiger partial charge is 0.177 e. The minimum atomic E-state index is -1.09. The molecule has 1 aliphatic carbocycles. The van der Waals surface area contributed by atoms with Gasteiger partial charge in [-0.25, -0.2) is 0 Å². The molecule has 146 valence electrons. The van der Waals surface area contributed by atoms with E-state index in [-0.39, 0.29) is 11.8 Å². The van der Waals surface area contributed by atoms with Crippen LogP contribution in [0.2, 0.25) is 5.02 Å². The fourth-order valence-corrected chi connectivity index (χ4v) is 5.55. The number of hydrogen-bond acceptors (Lipinski definition) is 3. The van der Waals surface area contributed by atoms with Crippen LogP contribution in [0.15, 0.2) is 78.9 Å². The Morgan fingerprint density at radius 2 is 1.70 bits per heavy atom. The molecule has 0 radical (unpaired) electrons. The van der Waals surface area contributed by atoms with Crippen LogP contribution < -0.4 is 4.90 Å². The number of carbonyl (C=O) groups is 1. The minimum absolute atomic E-state index is 0.0701. The predicted octanol–water partition coefficient (Wildman–Crippen LogP) is 6.11. The van der Waals surface area contributed by atoms with E-state index in [1.807, 2.05) is 66.7 Å². The van der Waals surface area contributed by atoms with Crippen LogP contribution in [0.25, 0.3) is 0 Å². The van der Waals surface area contributed by atoms with E-state index in [1.54, 1.807) is 12.1 Å². The molecule has 5 heteroatoms. The highest BCUT2D eigenvalue weighted by molar-refractivity contribution is 7.80. The van der Waals surface area contributed by atoms with Crippen molar-refractivity contribution in [3.8, 4) is 6.07 Å². The van der Waals surface area contributed by atoms with Gasteiger partial charge in [0.15, 0.2) is 5.78 Å². The summed E-state index contributed by atoms with van der Waals surface area (Å²) in [6, 6.07) is 27.0. The van der Waals surface area contributed by atoms with Crippen LogP contribution in [0.3, 0.4) is 0 Å². The van der Waals surface area contributed by atoms with Gasteiger partial charge in [0.2, 0.25) is 0 Å². The maximum Gasteiger partial charge on any atom is 0.177 e. The van der Waals surface area contributed by atoms with Gasteiger partial charge in [-0.3, -0.25) is 4.79 Å². The highest BCUT2D eigenvalue weighted by Gasteiger charge is 2.62. The van der Waals surface area contributed by atoms with Gasteiger partial charge in [-0.2, -0.15) is 5.26 Å². The summed E-state index contributed by atoms with van der Waals surface area (Å²) in [6.07, 6.45) is 0.484. The lowest BCUT2D eigenvalue weighted by Crippen LogP contribution is -2.43. The molecule has 0 N–H and O–H groups in total. The molecule has 1 saturated heterocycles. The van der Waals surface area contributed by atoms with Crippen molar-refractivity contribution in [3.05, 3.63) is 101 Å². The van der Waals surface area contributed by atoms with Gasteiger partial charge in [0.05, 0.1) is 23.0 Å². The van der Waals surface area contributed by atoms with Crippen molar-refractivity contribution in [3.63, 3.8) is 0 Å². The van der Waals surface area contributed by atoms with Crippen molar-refractivity contribution in [1.82, 2.24) is 0 Å². The van der Waals surface area contributed by atoms with Crippen LogP contribution in [0.5, 0.6) is 0 Å². The Morgan fingerprint density at radius 3 is 2.40 bits per heavy atom. The number of carbonyl (C=O) groups excluding carboxylic acids is 1. The van der Waals surface area contributed by atoms with E-state index in [4.69, 9.17) is 23.8 Å². The van der Waals surface area contributed by atoms with E-state index in [2.05, 4.69) is 11.0 Å². The van der Waals surface area contributed by atoms with Crippen molar-refractivity contribution in [2.75, 3.05) is 4.90 Å². The van der Waals surface area contributed by atoms with Crippen molar-refractivity contribution in [1.29, 1.82) is 5.26 Å². The molecule has 30 heavy (non-hydrogen) atoms. The zero-order valence-electron chi connectivity index (χ0n) is 16.0. The number of benzene rings is 3. The molecule has 3 atom stereocenters. The number of Topliss-reactive ketones (excluding diaryl/α,β-unsaturated/α-hetero) is 1. The average Bonchev–Trinajstić information content (AvgIpc) is 3.05. The van der Waals surface area contributed by atoms with E-state index >= 15 is 0 Å². The van der Waals surface area contributed by atoms with Gasteiger partial charge < -0.3 is 4.90 Å². The molecule has 0 amide bonds. The maximum atomic E-state index is 13.9. The van der Waals surface area contributed by atoms with Crippen molar-refractivity contribution < 1.29 is 4.79 Å². The molecule has 5 rings (SSSR count). The molecular formula is C25H17ClN2OS. The largest absolute Gasteiger partial charge is 0.328 e. The second kappa shape index (κ2) is 7.05. The summed E-state index contributed by atoms with van der Waals surface area (Å²) in [4.78, 5) is 16.5. The Hall–Kier alpha value is -3.00. The Bertz CT molecular complexity index is 1200.